The SMILES string of the molecule is Cn1cc(CCC(C)(N)Cc2ccc(F)cc2)cn1. The van der Waals surface area contributed by atoms with Gasteiger partial charge in [0.05, 0.1) is 6.20 Å². The maximum absolute atomic E-state index is 12.9. The molecule has 0 saturated carbocycles. The highest BCUT2D eigenvalue weighted by Gasteiger charge is 2.19. The monoisotopic (exact) mass is 261 g/mol. The van der Waals surface area contributed by atoms with Gasteiger partial charge in [0.15, 0.2) is 0 Å². The van der Waals surface area contributed by atoms with Crippen molar-refractivity contribution >= 4 is 0 Å². The minimum atomic E-state index is -0.298. The highest BCUT2D eigenvalue weighted by Crippen LogP contribution is 2.17. The van der Waals surface area contributed by atoms with Gasteiger partial charge < -0.3 is 5.73 Å². The lowest BCUT2D eigenvalue weighted by atomic mass is 9.88. The normalized spacial score (nSPS) is 14.3. The molecule has 19 heavy (non-hydrogen) atoms. The maximum atomic E-state index is 12.9. The Hall–Kier alpha value is -1.68. The Morgan fingerprint density at radius 3 is 2.53 bits per heavy atom. The zero-order valence-corrected chi connectivity index (χ0v) is 11.4. The number of hydrogen-bond acceptors (Lipinski definition) is 2. The van der Waals surface area contributed by atoms with Gasteiger partial charge in [-0.05, 0) is 49.4 Å². The maximum Gasteiger partial charge on any atom is 0.123 e. The van der Waals surface area contributed by atoms with Crippen LogP contribution in [0, 0.1) is 5.82 Å². The molecule has 0 aliphatic rings. The standard InChI is InChI=1S/C15H20FN3/c1-15(17,8-7-13-10-18-19(2)11-13)9-12-3-5-14(16)6-4-12/h3-6,10-11H,7-9,17H2,1-2H3. The first kappa shape index (κ1) is 13.7. The molecular formula is C15H20FN3. The topological polar surface area (TPSA) is 43.8 Å². The summed E-state index contributed by atoms with van der Waals surface area (Å²) in [6, 6.07) is 6.55. The van der Waals surface area contributed by atoms with E-state index in [-0.39, 0.29) is 11.4 Å². The first-order valence-electron chi connectivity index (χ1n) is 6.45. The number of nitrogens with two attached hydrogens (primary N) is 1. The molecule has 1 unspecified atom stereocenters. The molecule has 0 bridgehead atoms. The van der Waals surface area contributed by atoms with Gasteiger partial charge in [-0.2, -0.15) is 5.10 Å². The molecule has 3 nitrogen and oxygen atoms in total. The molecule has 0 spiro atoms. The summed E-state index contributed by atoms with van der Waals surface area (Å²) in [5.41, 5.74) is 8.28. The molecule has 1 aromatic carbocycles. The fourth-order valence-corrected chi connectivity index (χ4v) is 2.19. The summed E-state index contributed by atoms with van der Waals surface area (Å²) in [6.07, 6.45) is 6.40. The highest BCUT2D eigenvalue weighted by atomic mass is 19.1. The summed E-state index contributed by atoms with van der Waals surface area (Å²) in [5, 5.41) is 4.15. The Labute approximate surface area is 113 Å². The molecule has 2 rings (SSSR count). The number of nitrogens with zero attached hydrogens (tertiary/aromatic N) is 2. The number of benzene rings is 1. The number of aromatic nitrogens is 2. The summed E-state index contributed by atoms with van der Waals surface area (Å²) < 4.78 is 14.6. The number of hydrogen-bond donors (Lipinski definition) is 1. The van der Waals surface area contributed by atoms with Gasteiger partial charge in [-0.1, -0.05) is 12.1 Å². The summed E-state index contributed by atoms with van der Waals surface area (Å²) in [4.78, 5) is 0. The van der Waals surface area contributed by atoms with Crippen LogP contribution in [0.1, 0.15) is 24.5 Å². The van der Waals surface area contributed by atoms with E-state index in [9.17, 15) is 4.39 Å². The Balaban J connectivity index is 1.92. The fourth-order valence-electron chi connectivity index (χ4n) is 2.19. The van der Waals surface area contributed by atoms with Gasteiger partial charge in [-0.15, -0.1) is 0 Å². The molecule has 0 aliphatic carbocycles. The van der Waals surface area contributed by atoms with Crippen molar-refractivity contribution < 1.29 is 4.39 Å². The average molecular weight is 261 g/mol. The van der Waals surface area contributed by atoms with Crippen molar-refractivity contribution in [2.24, 2.45) is 12.8 Å². The Bertz CT molecular complexity index is 529. The van der Waals surface area contributed by atoms with Crippen molar-refractivity contribution in [3.05, 3.63) is 53.6 Å². The second-order valence-corrected chi connectivity index (χ2v) is 5.48. The number of rotatable bonds is 5. The van der Waals surface area contributed by atoms with Gasteiger partial charge in [0, 0.05) is 18.8 Å². The van der Waals surface area contributed by atoms with Gasteiger partial charge in [0.2, 0.25) is 0 Å². The van der Waals surface area contributed by atoms with Crippen LogP contribution in [0.25, 0.3) is 0 Å². The fraction of sp³-hybridized carbons (Fsp3) is 0.400. The van der Waals surface area contributed by atoms with E-state index in [4.69, 9.17) is 5.73 Å². The molecule has 0 aliphatic heterocycles. The van der Waals surface area contributed by atoms with Crippen molar-refractivity contribution in [2.45, 2.75) is 31.7 Å². The van der Waals surface area contributed by atoms with Gasteiger partial charge in [0.1, 0.15) is 5.82 Å². The summed E-state index contributed by atoms with van der Waals surface area (Å²) in [6.45, 7) is 2.03. The third-order valence-electron chi connectivity index (χ3n) is 3.26. The van der Waals surface area contributed by atoms with Crippen LogP contribution in [-0.2, 0) is 19.9 Å². The van der Waals surface area contributed by atoms with Crippen LogP contribution in [0.15, 0.2) is 36.7 Å². The molecule has 4 heteroatoms. The summed E-state index contributed by atoms with van der Waals surface area (Å²) >= 11 is 0. The van der Waals surface area contributed by atoms with Crippen molar-refractivity contribution in [1.29, 1.82) is 0 Å². The van der Waals surface area contributed by atoms with Crippen LogP contribution in [-0.4, -0.2) is 15.3 Å². The van der Waals surface area contributed by atoms with E-state index in [0.717, 1.165) is 24.8 Å². The molecule has 0 fully saturated rings. The lowest BCUT2D eigenvalue weighted by Crippen LogP contribution is -2.39. The van der Waals surface area contributed by atoms with Crippen molar-refractivity contribution in [2.75, 3.05) is 0 Å². The zero-order chi connectivity index (χ0) is 13.9. The van der Waals surface area contributed by atoms with E-state index in [1.807, 2.05) is 26.4 Å². The van der Waals surface area contributed by atoms with E-state index in [0.29, 0.717) is 0 Å². The van der Waals surface area contributed by atoms with Crippen LogP contribution < -0.4 is 5.73 Å². The van der Waals surface area contributed by atoms with Gasteiger partial charge in [0.25, 0.3) is 0 Å². The lowest BCUT2D eigenvalue weighted by Gasteiger charge is -2.24. The first-order chi connectivity index (χ1) is 8.94. The quantitative estimate of drug-likeness (QED) is 0.898. The van der Waals surface area contributed by atoms with E-state index in [2.05, 4.69) is 5.10 Å². The van der Waals surface area contributed by atoms with E-state index in [1.165, 1.54) is 17.7 Å². The molecule has 0 saturated heterocycles. The van der Waals surface area contributed by atoms with Crippen LogP contribution >= 0.6 is 0 Å². The first-order valence-corrected chi connectivity index (χ1v) is 6.45. The molecule has 1 atom stereocenters. The van der Waals surface area contributed by atoms with Gasteiger partial charge in [-0.3, -0.25) is 4.68 Å². The molecule has 1 aromatic heterocycles. The van der Waals surface area contributed by atoms with Crippen molar-refractivity contribution in [1.82, 2.24) is 9.78 Å². The molecular weight excluding hydrogens is 241 g/mol. The third kappa shape index (κ3) is 4.17. The van der Waals surface area contributed by atoms with Gasteiger partial charge >= 0.3 is 0 Å². The number of aryl methyl sites for hydroxylation is 2. The second-order valence-electron chi connectivity index (χ2n) is 5.48. The predicted octanol–water partition coefficient (Wildman–Crippen LogP) is 2.45. The van der Waals surface area contributed by atoms with Gasteiger partial charge in [-0.25, -0.2) is 4.39 Å². The van der Waals surface area contributed by atoms with Crippen molar-refractivity contribution in [3.63, 3.8) is 0 Å². The summed E-state index contributed by atoms with van der Waals surface area (Å²) in [5.74, 6) is -0.210. The van der Waals surface area contributed by atoms with E-state index < -0.39 is 0 Å². The third-order valence-corrected chi connectivity index (χ3v) is 3.26. The zero-order valence-electron chi connectivity index (χ0n) is 11.4. The minimum Gasteiger partial charge on any atom is -0.325 e. The van der Waals surface area contributed by atoms with Crippen LogP contribution in [0.3, 0.4) is 0 Å². The largest absolute Gasteiger partial charge is 0.325 e. The molecule has 2 aromatic rings. The molecule has 2 N–H and O–H groups in total. The number of halogens is 1. The van der Waals surface area contributed by atoms with Crippen molar-refractivity contribution in [3.8, 4) is 0 Å². The highest BCUT2D eigenvalue weighted by molar-refractivity contribution is 5.18. The second kappa shape index (κ2) is 5.53. The Morgan fingerprint density at radius 2 is 1.95 bits per heavy atom. The molecule has 0 amide bonds. The molecule has 1 heterocycles. The summed E-state index contributed by atoms with van der Waals surface area (Å²) in [7, 11) is 1.91. The van der Waals surface area contributed by atoms with E-state index >= 15 is 0 Å². The van der Waals surface area contributed by atoms with Crippen LogP contribution in [0.5, 0.6) is 0 Å². The Kier molecular flexibility index (Phi) is 4.00. The molecule has 102 valence electrons. The lowest BCUT2D eigenvalue weighted by molar-refractivity contribution is 0.429. The average Bonchev–Trinajstić information content (AvgIpc) is 2.76. The smallest absolute Gasteiger partial charge is 0.123 e. The molecule has 0 radical (unpaired) electrons. The predicted molar refractivity (Wildman–Crippen MR) is 74.2 cm³/mol. The van der Waals surface area contributed by atoms with Crippen LogP contribution in [0.4, 0.5) is 4.39 Å². The van der Waals surface area contributed by atoms with E-state index in [1.54, 1.807) is 16.8 Å². The Morgan fingerprint density at radius 1 is 1.26 bits per heavy atom. The van der Waals surface area contributed by atoms with Crippen LogP contribution in [0.2, 0.25) is 0 Å². The minimum absolute atomic E-state index is 0.210.